The number of nitrogens with one attached hydrogen (secondary N) is 2. The lowest BCUT2D eigenvalue weighted by Crippen LogP contribution is -2.53. The van der Waals surface area contributed by atoms with Crippen molar-refractivity contribution in [3.8, 4) is 0 Å². The Labute approximate surface area is 135 Å². The second kappa shape index (κ2) is 5.89. The predicted octanol–water partition coefficient (Wildman–Crippen LogP) is 2.15. The van der Waals surface area contributed by atoms with Gasteiger partial charge in [0.2, 0.25) is 0 Å². The fourth-order valence-electron chi connectivity index (χ4n) is 3.33. The van der Waals surface area contributed by atoms with Crippen molar-refractivity contribution in [2.75, 3.05) is 13.1 Å². The first-order chi connectivity index (χ1) is 10.5. The molecule has 0 aliphatic carbocycles. The van der Waals surface area contributed by atoms with E-state index in [-0.39, 0.29) is 24.4 Å². The molecular weight excluding hydrogens is 302 g/mol. The normalized spacial score (nSPS) is 26.4. The van der Waals surface area contributed by atoms with Crippen molar-refractivity contribution in [1.82, 2.24) is 15.5 Å². The average molecular weight is 322 g/mol. The fourth-order valence-corrected chi connectivity index (χ4v) is 3.53. The number of benzene rings is 1. The van der Waals surface area contributed by atoms with Crippen molar-refractivity contribution in [3.05, 3.63) is 34.9 Å². The summed E-state index contributed by atoms with van der Waals surface area (Å²) in [4.78, 5) is 26.4. The predicted molar refractivity (Wildman–Crippen MR) is 84.5 cm³/mol. The van der Waals surface area contributed by atoms with Gasteiger partial charge in [-0.15, -0.1) is 0 Å². The molecule has 1 atom stereocenters. The lowest BCUT2D eigenvalue weighted by molar-refractivity contribution is -0.133. The fraction of sp³-hybridized carbons (Fsp3) is 0.500. The molecule has 2 fully saturated rings. The molecule has 0 bridgehead atoms. The van der Waals surface area contributed by atoms with Crippen LogP contribution in [-0.4, -0.2) is 35.5 Å². The minimum atomic E-state index is -0.805. The molecule has 22 heavy (non-hydrogen) atoms. The summed E-state index contributed by atoms with van der Waals surface area (Å²) in [7, 11) is 0. The molecule has 3 amide bonds. The summed E-state index contributed by atoms with van der Waals surface area (Å²) in [6.45, 7) is 3.82. The van der Waals surface area contributed by atoms with E-state index in [0.717, 1.165) is 31.5 Å². The van der Waals surface area contributed by atoms with Crippen LogP contribution in [0.1, 0.15) is 25.3 Å². The molecule has 2 N–H and O–H groups in total. The molecule has 2 aliphatic rings. The Hall–Kier alpha value is -1.59. The number of hydrogen-bond acceptors (Lipinski definition) is 3. The first-order valence-corrected chi connectivity index (χ1v) is 7.98. The second-order valence-electron chi connectivity index (χ2n) is 6.14. The summed E-state index contributed by atoms with van der Waals surface area (Å²) < 4.78 is 0. The van der Waals surface area contributed by atoms with E-state index in [1.165, 1.54) is 4.90 Å². The highest BCUT2D eigenvalue weighted by Crippen LogP contribution is 2.33. The number of imide groups is 1. The van der Waals surface area contributed by atoms with Gasteiger partial charge in [-0.05, 0) is 50.4 Å². The maximum Gasteiger partial charge on any atom is 0.325 e. The largest absolute Gasteiger partial charge is 0.325 e. The Balaban J connectivity index is 1.80. The summed E-state index contributed by atoms with van der Waals surface area (Å²) in [5.41, 5.74) is -0.0253. The van der Waals surface area contributed by atoms with Gasteiger partial charge in [-0.25, -0.2) is 4.79 Å². The van der Waals surface area contributed by atoms with Gasteiger partial charge in [-0.3, -0.25) is 9.69 Å². The molecule has 2 saturated heterocycles. The van der Waals surface area contributed by atoms with Crippen molar-refractivity contribution in [1.29, 1.82) is 0 Å². The number of halogens is 1. The molecule has 0 saturated carbocycles. The standard InChI is InChI=1S/C16H20ClN3O2/c1-16(12-6-8-18-9-7-12)14(21)20(15(22)19-16)10-11-4-2-3-5-13(11)17/h2-5,12,18H,6-10H2,1H3,(H,19,22). The molecule has 2 heterocycles. The second-order valence-corrected chi connectivity index (χ2v) is 6.55. The number of carbonyl (C=O) groups is 2. The summed E-state index contributed by atoms with van der Waals surface area (Å²) >= 11 is 6.14. The number of nitrogens with zero attached hydrogens (tertiary/aromatic N) is 1. The highest BCUT2D eigenvalue weighted by Gasteiger charge is 2.52. The third-order valence-corrected chi connectivity index (χ3v) is 5.11. The first-order valence-electron chi connectivity index (χ1n) is 7.60. The molecule has 0 radical (unpaired) electrons. The van der Waals surface area contributed by atoms with Crippen molar-refractivity contribution in [2.24, 2.45) is 5.92 Å². The van der Waals surface area contributed by atoms with Crippen molar-refractivity contribution in [2.45, 2.75) is 31.8 Å². The van der Waals surface area contributed by atoms with Gasteiger partial charge in [0.25, 0.3) is 5.91 Å². The number of hydrogen-bond donors (Lipinski definition) is 2. The molecule has 0 aromatic heterocycles. The van der Waals surface area contributed by atoms with Gasteiger partial charge in [-0.2, -0.15) is 0 Å². The van der Waals surface area contributed by atoms with Crippen LogP contribution in [0.3, 0.4) is 0 Å². The van der Waals surface area contributed by atoms with Crippen LogP contribution < -0.4 is 10.6 Å². The van der Waals surface area contributed by atoms with Crippen molar-refractivity contribution in [3.63, 3.8) is 0 Å². The van der Waals surface area contributed by atoms with Gasteiger partial charge in [0.1, 0.15) is 5.54 Å². The molecule has 3 rings (SSSR count). The zero-order valence-electron chi connectivity index (χ0n) is 12.6. The molecule has 1 unspecified atom stereocenters. The molecular formula is C16H20ClN3O2. The quantitative estimate of drug-likeness (QED) is 0.839. The van der Waals surface area contributed by atoms with Gasteiger partial charge >= 0.3 is 6.03 Å². The minimum Gasteiger partial charge on any atom is -0.323 e. The lowest BCUT2D eigenvalue weighted by Gasteiger charge is -2.34. The number of rotatable bonds is 3. The number of amides is 3. The smallest absolute Gasteiger partial charge is 0.323 e. The zero-order valence-corrected chi connectivity index (χ0v) is 13.3. The first kappa shape index (κ1) is 15.3. The summed E-state index contributed by atoms with van der Waals surface area (Å²) in [5.74, 6) is 0.0192. The summed E-state index contributed by atoms with van der Waals surface area (Å²) in [6.07, 6.45) is 1.78. The van der Waals surface area contributed by atoms with Gasteiger partial charge in [0.15, 0.2) is 0 Å². The molecule has 5 nitrogen and oxygen atoms in total. The number of urea groups is 1. The molecule has 2 aliphatic heterocycles. The minimum absolute atomic E-state index is 0.149. The third-order valence-electron chi connectivity index (χ3n) is 4.74. The van der Waals surface area contributed by atoms with E-state index in [9.17, 15) is 9.59 Å². The number of piperidine rings is 1. The van der Waals surface area contributed by atoms with Crippen molar-refractivity contribution < 1.29 is 9.59 Å². The van der Waals surface area contributed by atoms with Crippen LogP contribution in [0.15, 0.2) is 24.3 Å². The van der Waals surface area contributed by atoms with E-state index >= 15 is 0 Å². The van der Waals surface area contributed by atoms with Crippen LogP contribution in [0, 0.1) is 5.92 Å². The Morgan fingerprint density at radius 3 is 2.64 bits per heavy atom. The van der Waals surface area contributed by atoms with Crippen LogP contribution in [0.4, 0.5) is 4.79 Å². The van der Waals surface area contributed by atoms with Gasteiger partial charge in [0.05, 0.1) is 6.54 Å². The highest BCUT2D eigenvalue weighted by atomic mass is 35.5. The number of carbonyl (C=O) groups excluding carboxylic acids is 2. The van der Waals surface area contributed by atoms with Gasteiger partial charge in [0, 0.05) is 5.02 Å². The summed E-state index contributed by atoms with van der Waals surface area (Å²) in [6, 6.07) is 6.96. The van der Waals surface area contributed by atoms with Gasteiger partial charge < -0.3 is 10.6 Å². The molecule has 1 aromatic carbocycles. The van der Waals surface area contributed by atoms with Crippen LogP contribution in [0.2, 0.25) is 5.02 Å². The van der Waals surface area contributed by atoms with E-state index in [0.29, 0.717) is 5.02 Å². The Kier molecular flexibility index (Phi) is 4.10. The van der Waals surface area contributed by atoms with E-state index in [1.807, 2.05) is 25.1 Å². The van der Waals surface area contributed by atoms with Crippen LogP contribution in [-0.2, 0) is 11.3 Å². The maximum atomic E-state index is 12.8. The average Bonchev–Trinajstić information content (AvgIpc) is 2.75. The van der Waals surface area contributed by atoms with Crippen molar-refractivity contribution >= 4 is 23.5 Å². The van der Waals surface area contributed by atoms with E-state index in [2.05, 4.69) is 10.6 Å². The van der Waals surface area contributed by atoms with Gasteiger partial charge in [-0.1, -0.05) is 29.8 Å². The molecule has 6 heteroatoms. The molecule has 1 aromatic rings. The Morgan fingerprint density at radius 2 is 1.95 bits per heavy atom. The topological polar surface area (TPSA) is 61.4 Å². The highest BCUT2D eigenvalue weighted by molar-refractivity contribution is 6.31. The Morgan fingerprint density at radius 1 is 1.27 bits per heavy atom. The maximum absolute atomic E-state index is 12.8. The van der Waals surface area contributed by atoms with E-state index in [1.54, 1.807) is 6.07 Å². The summed E-state index contributed by atoms with van der Waals surface area (Å²) in [5, 5.41) is 6.76. The van der Waals surface area contributed by atoms with E-state index in [4.69, 9.17) is 11.6 Å². The molecule has 118 valence electrons. The monoisotopic (exact) mass is 321 g/mol. The Bertz CT molecular complexity index is 601. The lowest BCUT2D eigenvalue weighted by atomic mass is 9.79. The van der Waals surface area contributed by atoms with Crippen LogP contribution >= 0.6 is 11.6 Å². The van der Waals surface area contributed by atoms with E-state index < -0.39 is 5.54 Å². The SMILES string of the molecule is CC1(C2CCNCC2)NC(=O)N(Cc2ccccc2Cl)C1=O. The zero-order chi connectivity index (χ0) is 15.7. The van der Waals surface area contributed by atoms with Crippen LogP contribution in [0.5, 0.6) is 0 Å². The molecule has 0 spiro atoms. The third kappa shape index (κ3) is 2.59. The van der Waals surface area contributed by atoms with Crippen LogP contribution in [0.25, 0.3) is 0 Å².